The molecule has 0 atom stereocenters. The number of ketones is 1. The molecule has 1 aliphatic carbocycles. The third kappa shape index (κ3) is 3.85. The predicted molar refractivity (Wildman–Crippen MR) is 82.9 cm³/mol. The molecule has 0 radical (unpaired) electrons. The first kappa shape index (κ1) is 16.3. The Bertz CT molecular complexity index is 597. The fourth-order valence-corrected chi connectivity index (χ4v) is 2.46. The van der Waals surface area contributed by atoms with E-state index in [2.05, 4.69) is 25.2 Å². The molecule has 0 amide bonds. The second-order valence-corrected chi connectivity index (χ2v) is 5.94. The van der Waals surface area contributed by atoms with Gasteiger partial charge in [0.25, 0.3) is 0 Å². The van der Waals surface area contributed by atoms with E-state index in [0.717, 1.165) is 23.4 Å². The van der Waals surface area contributed by atoms with Gasteiger partial charge in [-0.15, -0.1) is 12.4 Å². The molecular weight excluding hydrogens is 272 g/mol. The Morgan fingerprint density at radius 1 is 1.30 bits per heavy atom. The number of rotatable bonds is 2. The van der Waals surface area contributed by atoms with Gasteiger partial charge in [0.1, 0.15) is 6.07 Å². The van der Waals surface area contributed by atoms with Crippen LogP contribution in [0.5, 0.6) is 0 Å². The largest absolute Gasteiger partial charge is 0.358 e. The number of carbonyl (C=O) groups is 1. The van der Waals surface area contributed by atoms with E-state index < -0.39 is 0 Å². The van der Waals surface area contributed by atoms with Gasteiger partial charge in [-0.2, -0.15) is 5.26 Å². The highest BCUT2D eigenvalue weighted by Crippen LogP contribution is 2.34. The highest BCUT2D eigenvalue weighted by atomic mass is 35.5. The molecule has 2 rings (SSSR count). The summed E-state index contributed by atoms with van der Waals surface area (Å²) in [6.45, 7) is 6.12. The van der Waals surface area contributed by atoms with E-state index in [-0.39, 0.29) is 23.6 Å². The van der Waals surface area contributed by atoms with Crippen LogP contribution in [0.4, 0.5) is 5.69 Å². The summed E-state index contributed by atoms with van der Waals surface area (Å²) in [4.78, 5) is 11.7. The van der Waals surface area contributed by atoms with Crippen molar-refractivity contribution in [3.8, 4) is 6.07 Å². The normalized spacial score (nSPS) is 16.7. The monoisotopic (exact) mass is 290 g/mol. The van der Waals surface area contributed by atoms with Crippen LogP contribution in [0.2, 0.25) is 0 Å². The summed E-state index contributed by atoms with van der Waals surface area (Å²) >= 11 is 0. The molecule has 1 aromatic carbocycles. The fourth-order valence-electron chi connectivity index (χ4n) is 2.46. The lowest BCUT2D eigenvalue weighted by Gasteiger charge is -2.29. The minimum Gasteiger partial charge on any atom is -0.358 e. The smallest absolute Gasteiger partial charge is 0.157 e. The molecule has 1 aromatic rings. The number of halogens is 1. The maximum atomic E-state index is 11.7. The van der Waals surface area contributed by atoms with Crippen molar-refractivity contribution in [3.05, 3.63) is 41.1 Å². The van der Waals surface area contributed by atoms with Gasteiger partial charge in [0.15, 0.2) is 5.78 Å². The van der Waals surface area contributed by atoms with Gasteiger partial charge in [-0.05, 0) is 36.5 Å². The Kier molecular flexibility index (Phi) is 4.97. The molecule has 0 fully saturated rings. The maximum absolute atomic E-state index is 11.7. The molecule has 1 aliphatic rings. The molecular formula is C16H19ClN2O. The van der Waals surface area contributed by atoms with Crippen LogP contribution in [-0.4, -0.2) is 5.78 Å². The molecule has 0 spiro atoms. The van der Waals surface area contributed by atoms with Gasteiger partial charge in [-0.3, -0.25) is 4.79 Å². The maximum Gasteiger partial charge on any atom is 0.157 e. The number of allylic oxidation sites excluding steroid dienone is 2. The molecule has 0 unspecified atom stereocenters. The number of anilines is 1. The average molecular weight is 291 g/mol. The van der Waals surface area contributed by atoms with Crippen molar-refractivity contribution < 1.29 is 4.79 Å². The van der Waals surface area contributed by atoms with Crippen molar-refractivity contribution in [2.75, 3.05) is 5.32 Å². The molecule has 20 heavy (non-hydrogen) atoms. The van der Waals surface area contributed by atoms with Crippen LogP contribution in [0.3, 0.4) is 0 Å². The molecule has 0 bridgehead atoms. The first-order valence-corrected chi connectivity index (χ1v) is 6.41. The van der Waals surface area contributed by atoms with E-state index in [9.17, 15) is 4.79 Å². The van der Waals surface area contributed by atoms with E-state index >= 15 is 0 Å². The molecule has 4 heteroatoms. The molecule has 0 saturated heterocycles. The molecule has 0 aliphatic heterocycles. The van der Waals surface area contributed by atoms with Gasteiger partial charge < -0.3 is 5.32 Å². The second-order valence-electron chi connectivity index (χ2n) is 5.94. The standard InChI is InChI=1S/C16H18N2O.ClH/c1-11-4-5-15(12(6-11)10-17)18-13-7-14(19)9-16(2,3)8-13;/h4-7,18H,8-9H2,1-3H3;1H. The summed E-state index contributed by atoms with van der Waals surface area (Å²) in [5, 5.41) is 12.4. The van der Waals surface area contributed by atoms with Crippen LogP contribution in [0, 0.1) is 23.7 Å². The van der Waals surface area contributed by atoms with Crippen molar-refractivity contribution in [2.24, 2.45) is 5.41 Å². The Hall–Kier alpha value is -1.79. The number of carbonyl (C=O) groups excluding carboxylic acids is 1. The van der Waals surface area contributed by atoms with Crippen LogP contribution in [0.1, 0.15) is 37.8 Å². The SMILES string of the molecule is Cc1ccc(NC2=CC(=O)CC(C)(C)C2)c(C#N)c1.Cl. The lowest BCUT2D eigenvalue weighted by atomic mass is 9.79. The summed E-state index contributed by atoms with van der Waals surface area (Å²) in [7, 11) is 0. The van der Waals surface area contributed by atoms with Crippen molar-refractivity contribution in [1.29, 1.82) is 5.26 Å². The van der Waals surface area contributed by atoms with Crippen molar-refractivity contribution >= 4 is 23.9 Å². The molecule has 1 N–H and O–H groups in total. The van der Waals surface area contributed by atoms with Crippen LogP contribution in [0.15, 0.2) is 30.0 Å². The Morgan fingerprint density at radius 3 is 2.60 bits per heavy atom. The Labute approximate surface area is 126 Å². The summed E-state index contributed by atoms with van der Waals surface area (Å²) in [5.74, 6) is 0.143. The summed E-state index contributed by atoms with van der Waals surface area (Å²) < 4.78 is 0. The van der Waals surface area contributed by atoms with Crippen LogP contribution < -0.4 is 5.32 Å². The van der Waals surface area contributed by atoms with Gasteiger partial charge in [-0.1, -0.05) is 19.9 Å². The zero-order valence-electron chi connectivity index (χ0n) is 12.0. The first-order valence-electron chi connectivity index (χ1n) is 6.41. The number of aryl methyl sites for hydroxylation is 1. The highest BCUT2D eigenvalue weighted by molar-refractivity contribution is 5.92. The zero-order valence-corrected chi connectivity index (χ0v) is 12.8. The van der Waals surface area contributed by atoms with Gasteiger partial charge in [0, 0.05) is 18.2 Å². The Morgan fingerprint density at radius 2 is 2.00 bits per heavy atom. The minimum atomic E-state index is -0.0222. The van der Waals surface area contributed by atoms with Gasteiger partial charge in [0.2, 0.25) is 0 Å². The van der Waals surface area contributed by atoms with Crippen molar-refractivity contribution in [1.82, 2.24) is 0 Å². The van der Waals surface area contributed by atoms with Crippen LogP contribution >= 0.6 is 12.4 Å². The first-order chi connectivity index (χ1) is 8.89. The van der Waals surface area contributed by atoms with E-state index in [1.54, 1.807) is 6.08 Å². The highest BCUT2D eigenvalue weighted by Gasteiger charge is 2.27. The quantitative estimate of drug-likeness (QED) is 0.896. The fraction of sp³-hybridized carbons (Fsp3) is 0.375. The predicted octanol–water partition coefficient (Wildman–Crippen LogP) is 3.97. The lowest BCUT2D eigenvalue weighted by molar-refractivity contribution is -0.117. The average Bonchev–Trinajstić information content (AvgIpc) is 2.28. The van der Waals surface area contributed by atoms with Crippen molar-refractivity contribution in [3.63, 3.8) is 0 Å². The number of hydrogen-bond donors (Lipinski definition) is 1. The van der Waals surface area contributed by atoms with E-state index in [1.807, 2.05) is 25.1 Å². The van der Waals surface area contributed by atoms with Crippen LogP contribution in [0.25, 0.3) is 0 Å². The molecule has 3 nitrogen and oxygen atoms in total. The number of nitrogens with one attached hydrogen (secondary N) is 1. The zero-order chi connectivity index (χ0) is 14.0. The molecule has 0 heterocycles. The number of benzene rings is 1. The van der Waals surface area contributed by atoms with E-state index in [0.29, 0.717) is 12.0 Å². The third-order valence-corrected chi connectivity index (χ3v) is 3.25. The summed E-state index contributed by atoms with van der Waals surface area (Å²) in [6.07, 6.45) is 3.06. The van der Waals surface area contributed by atoms with Crippen molar-refractivity contribution in [2.45, 2.75) is 33.6 Å². The summed E-state index contributed by atoms with van der Waals surface area (Å²) in [5.41, 5.74) is 3.30. The molecule has 106 valence electrons. The third-order valence-electron chi connectivity index (χ3n) is 3.25. The lowest BCUT2D eigenvalue weighted by Crippen LogP contribution is -2.24. The van der Waals surface area contributed by atoms with Gasteiger partial charge in [-0.25, -0.2) is 0 Å². The van der Waals surface area contributed by atoms with Crippen LogP contribution in [-0.2, 0) is 4.79 Å². The van der Waals surface area contributed by atoms with Gasteiger partial charge in [0.05, 0.1) is 11.3 Å². The second kappa shape index (κ2) is 6.11. The number of nitrogens with zero attached hydrogens (tertiary/aromatic N) is 1. The Balaban J connectivity index is 0.00000200. The topological polar surface area (TPSA) is 52.9 Å². The van der Waals surface area contributed by atoms with E-state index in [4.69, 9.17) is 5.26 Å². The minimum absolute atomic E-state index is 0. The molecule has 0 aromatic heterocycles. The number of hydrogen-bond acceptors (Lipinski definition) is 3. The summed E-state index contributed by atoms with van der Waals surface area (Å²) in [6, 6.07) is 7.88. The number of nitriles is 1. The molecule has 0 saturated carbocycles. The van der Waals surface area contributed by atoms with Gasteiger partial charge >= 0.3 is 0 Å². The van der Waals surface area contributed by atoms with E-state index in [1.165, 1.54) is 0 Å².